The molecule has 0 saturated carbocycles. The molecule has 4 heteroatoms. The van der Waals surface area contributed by atoms with Gasteiger partial charge in [0.05, 0.1) is 13.0 Å². The highest BCUT2D eigenvalue weighted by Gasteiger charge is 2.28. The molecular formula is C16H24N2O2. The lowest BCUT2D eigenvalue weighted by Crippen LogP contribution is -2.46. The minimum absolute atomic E-state index is 0.0158. The topological polar surface area (TPSA) is 55.6 Å². The summed E-state index contributed by atoms with van der Waals surface area (Å²) in [5.41, 5.74) is 6.73. The number of nitrogens with two attached hydrogens (primary N) is 1. The maximum atomic E-state index is 11.3. The Morgan fingerprint density at radius 2 is 2.05 bits per heavy atom. The molecule has 0 aromatic heterocycles. The molecule has 1 saturated heterocycles. The first kappa shape index (κ1) is 14.9. The van der Waals surface area contributed by atoms with Crippen molar-refractivity contribution >= 4 is 5.91 Å². The molecule has 110 valence electrons. The Bertz CT molecular complexity index is 444. The molecular weight excluding hydrogens is 252 g/mol. The number of rotatable bonds is 5. The number of methoxy groups -OCH3 is 1. The molecule has 2 N–H and O–H groups in total. The number of piperidine rings is 1. The van der Waals surface area contributed by atoms with Gasteiger partial charge in [0.2, 0.25) is 5.91 Å². The van der Waals surface area contributed by atoms with Crippen LogP contribution >= 0.6 is 0 Å². The van der Waals surface area contributed by atoms with Crippen molar-refractivity contribution in [2.75, 3.05) is 20.2 Å². The van der Waals surface area contributed by atoms with Crippen LogP contribution in [0.25, 0.3) is 0 Å². The number of hydrogen-bond acceptors (Lipinski definition) is 3. The van der Waals surface area contributed by atoms with Crippen LogP contribution in [0.15, 0.2) is 24.3 Å². The Hall–Kier alpha value is -1.55. The van der Waals surface area contributed by atoms with Crippen molar-refractivity contribution in [2.45, 2.75) is 32.2 Å². The van der Waals surface area contributed by atoms with Gasteiger partial charge < -0.3 is 10.5 Å². The number of nitrogens with zero attached hydrogens (tertiary/aromatic N) is 1. The van der Waals surface area contributed by atoms with Gasteiger partial charge in [-0.15, -0.1) is 0 Å². The lowest BCUT2D eigenvalue weighted by molar-refractivity contribution is -0.123. The molecule has 2 atom stereocenters. The molecule has 0 spiro atoms. The van der Waals surface area contributed by atoms with Gasteiger partial charge >= 0.3 is 0 Å². The highest BCUT2D eigenvalue weighted by molar-refractivity contribution is 5.76. The van der Waals surface area contributed by atoms with Gasteiger partial charge in [0.1, 0.15) is 5.75 Å². The van der Waals surface area contributed by atoms with Gasteiger partial charge in [-0.1, -0.05) is 12.1 Å². The summed E-state index contributed by atoms with van der Waals surface area (Å²) >= 11 is 0. The van der Waals surface area contributed by atoms with E-state index in [0.717, 1.165) is 38.1 Å². The number of carbonyl (C=O) groups is 1. The molecule has 4 nitrogen and oxygen atoms in total. The van der Waals surface area contributed by atoms with Gasteiger partial charge in [0, 0.05) is 19.1 Å². The van der Waals surface area contributed by atoms with Gasteiger partial charge in [0.15, 0.2) is 0 Å². The number of likely N-dealkylation sites (tertiary alicyclic amines) is 1. The van der Waals surface area contributed by atoms with Gasteiger partial charge in [-0.25, -0.2) is 0 Å². The summed E-state index contributed by atoms with van der Waals surface area (Å²) in [6.45, 7) is 4.00. The van der Waals surface area contributed by atoms with Gasteiger partial charge in [-0.05, 0) is 43.9 Å². The lowest BCUT2D eigenvalue weighted by atomic mass is 9.92. The van der Waals surface area contributed by atoms with E-state index in [2.05, 4.69) is 24.0 Å². The molecule has 0 bridgehead atoms. The smallest absolute Gasteiger partial charge is 0.221 e. The minimum atomic E-state index is -0.161. The Morgan fingerprint density at radius 3 is 2.65 bits per heavy atom. The van der Waals surface area contributed by atoms with E-state index in [-0.39, 0.29) is 11.8 Å². The Balaban J connectivity index is 1.89. The summed E-state index contributed by atoms with van der Waals surface area (Å²) in [7, 11) is 1.67. The van der Waals surface area contributed by atoms with Crippen LogP contribution in [0.5, 0.6) is 5.75 Å². The number of carbonyl (C=O) groups excluding carboxylic acids is 1. The van der Waals surface area contributed by atoms with Gasteiger partial charge in [-0.2, -0.15) is 0 Å². The third-order valence-corrected chi connectivity index (χ3v) is 4.26. The molecule has 1 heterocycles. The van der Waals surface area contributed by atoms with Crippen LogP contribution in [0.2, 0.25) is 0 Å². The minimum Gasteiger partial charge on any atom is -0.497 e. The largest absolute Gasteiger partial charge is 0.497 e. The van der Waals surface area contributed by atoms with Crippen molar-refractivity contribution in [3.05, 3.63) is 29.8 Å². The second kappa shape index (κ2) is 6.75. The average molecular weight is 276 g/mol. The van der Waals surface area contributed by atoms with Gasteiger partial charge in [-0.3, -0.25) is 9.69 Å². The molecule has 0 aliphatic carbocycles. The maximum Gasteiger partial charge on any atom is 0.221 e. The predicted molar refractivity (Wildman–Crippen MR) is 79.7 cm³/mol. The zero-order valence-electron chi connectivity index (χ0n) is 12.3. The fourth-order valence-corrected chi connectivity index (χ4v) is 2.79. The Kier molecular flexibility index (Phi) is 5.01. The zero-order chi connectivity index (χ0) is 14.5. The van der Waals surface area contributed by atoms with E-state index in [1.54, 1.807) is 7.11 Å². The van der Waals surface area contributed by atoms with Gasteiger partial charge in [0.25, 0.3) is 0 Å². The molecule has 1 amide bonds. The highest BCUT2D eigenvalue weighted by atomic mass is 16.5. The number of hydrogen-bond donors (Lipinski definition) is 1. The number of primary amides is 1. The van der Waals surface area contributed by atoms with Crippen molar-refractivity contribution in [2.24, 2.45) is 11.7 Å². The second-order valence-corrected chi connectivity index (χ2v) is 5.62. The molecule has 1 aromatic carbocycles. The van der Waals surface area contributed by atoms with Crippen LogP contribution < -0.4 is 10.5 Å². The molecule has 2 rings (SSSR count). The SMILES string of the molecule is COc1ccc(CCN2C[C@@H](C(N)=O)CC[C@H]2C)cc1. The quantitative estimate of drug-likeness (QED) is 0.892. The first-order valence-corrected chi connectivity index (χ1v) is 7.26. The van der Waals surface area contributed by atoms with Crippen LogP contribution in [0.4, 0.5) is 0 Å². The lowest BCUT2D eigenvalue weighted by Gasteiger charge is -2.36. The molecule has 0 radical (unpaired) electrons. The third kappa shape index (κ3) is 3.73. The van der Waals surface area contributed by atoms with E-state index >= 15 is 0 Å². The van der Waals surface area contributed by atoms with Crippen molar-refractivity contribution in [3.63, 3.8) is 0 Å². The average Bonchev–Trinajstić information content (AvgIpc) is 2.46. The van der Waals surface area contributed by atoms with E-state index in [0.29, 0.717) is 6.04 Å². The van der Waals surface area contributed by atoms with E-state index in [9.17, 15) is 4.79 Å². The fourth-order valence-electron chi connectivity index (χ4n) is 2.79. The predicted octanol–water partition coefficient (Wildman–Crippen LogP) is 1.82. The Morgan fingerprint density at radius 1 is 1.35 bits per heavy atom. The molecule has 1 aliphatic rings. The Labute approximate surface area is 120 Å². The van der Waals surface area contributed by atoms with E-state index < -0.39 is 0 Å². The summed E-state index contributed by atoms with van der Waals surface area (Å²) in [6.07, 6.45) is 2.96. The molecule has 0 unspecified atom stereocenters. The van der Waals surface area contributed by atoms with Crippen LogP contribution in [0.3, 0.4) is 0 Å². The second-order valence-electron chi connectivity index (χ2n) is 5.62. The molecule has 20 heavy (non-hydrogen) atoms. The van der Waals surface area contributed by atoms with Crippen molar-refractivity contribution in [1.29, 1.82) is 0 Å². The van der Waals surface area contributed by atoms with Crippen molar-refractivity contribution in [3.8, 4) is 5.75 Å². The molecule has 1 aliphatic heterocycles. The summed E-state index contributed by atoms with van der Waals surface area (Å²) in [5, 5.41) is 0. The van der Waals surface area contributed by atoms with E-state index in [1.807, 2.05) is 12.1 Å². The first-order chi connectivity index (χ1) is 9.60. The highest BCUT2D eigenvalue weighted by Crippen LogP contribution is 2.22. The first-order valence-electron chi connectivity index (χ1n) is 7.26. The summed E-state index contributed by atoms with van der Waals surface area (Å²) < 4.78 is 5.16. The van der Waals surface area contributed by atoms with Crippen LogP contribution in [0, 0.1) is 5.92 Å². The summed E-state index contributed by atoms with van der Waals surface area (Å²) in [5.74, 6) is 0.738. The number of amides is 1. The maximum absolute atomic E-state index is 11.3. The number of ether oxygens (including phenoxy) is 1. The van der Waals surface area contributed by atoms with Crippen molar-refractivity contribution < 1.29 is 9.53 Å². The van der Waals surface area contributed by atoms with Crippen LogP contribution in [0.1, 0.15) is 25.3 Å². The standard InChI is InChI=1S/C16H24N2O2/c1-12-3-6-14(16(17)19)11-18(12)10-9-13-4-7-15(20-2)8-5-13/h4-5,7-8,12,14H,3,6,9-11H2,1-2H3,(H2,17,19)/t12-,14+/m1/s1. The normalized spacial score (nSPS) is 23.5. The third-order valence-electron chi connectivity index (χ3n) is 4.26. The monoisotopic (exact) mass is 276 g/mol. The van der Waals surface area contributed by atoms with Crippen molar-refractivity contribution in [1.82, 2.24) is 4.90 Å². The molecule has 1 fully saturated rings. The van der Waals surface area contributed by atoms with Crippen LogP contribution in [-0.2, 0) is 11.2 Å². The summed E-state index contributed by atoms with van der Waals surface area (Å²) in [4.78, 5) is 13.7. The summed E-state index contributed by atoms with van der Waals surface area (Å²) in [6, 6.07) is 8.70. The van der Waals surface area contributed by atoms with E-state index in [1.165, 1.54) is 5.56 Å². The molecule has 1 aromatic rings. The number of benzene rings is 1. The fraction of sp³-hybridized carbons (Fsp3) is 0.562. The van der Waals surface area contributed by atoms with E-state index in [4.69, 9.17) is 10.5 Å². The zero-order valence-corrected chi connectivity index (χ0v) is 12.3. The van der Waals surface area contributed by atoms with Crippen LogP contribution in [-0.4, -0.2) is 37.0 Å².